The molecule has 1 aromatic rings. The maximum Gasteiger partial charge on any atom is 0.191 e. The van der Waals surface area contributed by atoms with Crippen molar-refractivity contribution in [1.82, 2.24) is 0 Å². The fraction of sp³-hybridized carbons (Fsp3) is 0.462. The van der Waals surface area contributed by atoms with Crippen LogP contribution in [0.1, 0.15) is 30.6 Å². The van der Waals surface area contributed by atoms with Gasteiger partial charge in [-0.05, 0) is 13.8 Å². The highest BCUT2D eigenvalue weighted by Gasteiger charge is 2.19. The van der Waals surface area contributed by atoms with Crippen molar-refractivity contribution >= 4 is 5.78 Å². The summed E-state index contributed by atoms with van der Waals surface area (Å²) in [6, 6.07) is 8.82. The zero-order chi connectivity index (χ0) is 12.0. The van der Waals surface area contributed by atoms with Gasteiger partial charge in [-0.2, -0.15) is 0 Å². The van der Waals surface area contributed by atoms with Gasteiger partial charge in [-0.15, -0.1) is 0 Å². The molecule has 0 aliphatic carbocycles. The lowest BCUT2D eigenvalue weighted by Crippen LogP contribution is -2.26. The van der Waals surface area contributed by atoms with E-state index in [0.29, 0.717) is 18.6 Å². The highest BCUT2D eigenvalue weighted by Crippen LogP contribution is 2.09. The Bertz CT molecular complexity index is 321. The largest absolute Gasteiger partial charge is 0.385 e. The minimum absolute atomic E-state index is 0.104. The van der Waals surface area contributed by atoms with Crippen LogP contribution in [0.5, 0.6) is 0 Å². The lowest BCUT2D eigenvalue weighted by atomic mass is 10.0. The van der Waals surface area contributed by atoms with Crippen LogP contribution in [0.15, 0.2) is 30.3 Å². The van der Waals surface area contributed by atoms with Crippen molar-refractivity contribution in [2.75, 3.05) is 6.61 Å². The zero-order valence-electron chi connectivity index (χ0n) is 9.72. The van der Waals surface area contributed by atoms with Gasteiger partial charge in [0.15, 0.2) is 5.78 Å². The van der Waals surface area contributed by atoms with Crippen molar-refractivity contribution in [2.45, 2.75) is 32.5 Å². The highest BCUT2D eigenvalue weighted by atomic mass is 16.5. The number of hydrogen-bond acceptors (Lipinski definition) is 3. The summed E-state index contributed by atoms with van der Waals surface area (Å²) in [7, 11) is 0. The van der Waals surface area contributed by atoms with Gasteiger partial charge in [0.2, 0.25) is 0 Å². The number of ketones is 1. The van der Waals surface area contributed by atoms with Crippen LogP contribution in [0.2, 0.25) is 0 Å². The van der Waals surface area contributed by atoms with E-state index < -0.39 is 6.10 Å². The molecule has 3 nitrogen and oxygen atoms in total. The van der Waals surface area contributed by atoms with Crippen molar-refractivity contribution in [3.63, 3.8) is 0 Å². The second-order valence-corrected chi connectivity index (χ2v) is 3.75. The van der Waals surface area contributed by atoms with E-state index in [1.54, 1.807) is 24.3 Å². The fourth-order valence-electron chi connectivity index (χ4n) is 1.57. The van der Waals surface area contributed by atoms with Crippen LogP contribution in [0.3, 0.4) is 0 Å². The van der Waals surface area contributed by atoms with Gasteiger partial charge in [0.25, 0.3) is 0 Å². The summed E-state index contributed by atoms with van der Waals surface area (Å²) >= 11 is 0. The van der Waals surface area contributed by atoms with Gasteiger partial charge in [-0.1, -0.05) is 30.3 Å². The summed E-state index contributed by atoms with van der Waals surface area (Å²) in [4.78, 5) is 11.8. The predicted molar refractivity (Wildman–Crippen MR) is 62.5 cm³/mol. The second kappa shape index (κ2) is 6.40. The molecule has 0 spiro atoms. The Morgan fingerprint density at radius 2 is 2.00 bits per heavy atom. The molecular weight excluding hydrogens is 204 g/mol. The average Bonchev–Trinajstić information content (AvgIpc) is 2.29. The molecule has 0 heterocycles. The van der Waals surface area contributed by atoms with Crippen LogP contribution in [0.25, 0.3) is 0 Å². The Kier molecular flexibility index (Phi) is 5.15. The lowest BCUT2D eigenvalue weighted by Gasteiger charge is -2.15. The maximum absolute atomic E-state index is 11.8. The first-order valence-corrected chi connectivity index (χ1v) is 5.54. The van der Waals surface area contributed by atoms with E-state index in [9.17, 15) is 9.90 Å². The Morgan fingerprint density at radius 3 is 2.56 bits per heavy atom. The summed E-state index contributed by atoms with van der Waals surface area (Å²) < 4.78 is 5.29. The quantitative estimate of drug-likeness (QED) is 0.749. The molecule has 0 aliphatic rings. The summed E-state index contributed by atoms with van der Waals surface area (Å²) in [5.41, 5.74) is 0.540. The number of hydrogen-bond donors (Lipinski definition) is 1. The van der Waals surface area contributed by atoms with Gasteiger partial charge in [0.1, 0.15) is 6.10 Å². The van der Waals surface area contributed by atoms with Gasteiger partial charge in [0.05, 0.1) is 6.10 Å². The van der Waals surface area contributed by atoms with Crippen LogP contribution >= 0.6 is 0 Å². The van der Waals surface area contributed by atoms with Gasteiger partial charge in [0, 0.05) is 18.6 Å². The number of ether oxygens (including phenoxy) is 1. The summed E-state index contributed by atoms with van der Waals surface area (Å²) in [5.74, 6) is -0.243. The van der Waals surface area contributed by atoms with E-state index >= 15 is 0 Å². The fourth-order valence-corrected chi connectivity index (χ4v) is 1.57. The molecule has 0 fully saturated rings. The topological polar surface area (TPSA) is 46.5 Å². The smallest absolute Gasteiger partial charge is 0.191 e. The van der Waals surface area contributed by atoms with E-state index in [-0.39, 0.29) is 11.9 Å². The Labute approximate surface area is 96.1 Å². The molecule has 0 aromatic heterocycles. The first-order chi connectivity index (χ1) is 7.65. The van der Waals surface area contributed by atoms with Crippen LogP contribution in [0, 0.1) is 0 Å². The molecule has 0 radical (unpaired) electrons. The number of aliphatic hydroxyl groups is 1. The van der Waals surface area contributed by atoms with Crippen LogP contribution in [-0.4, -0.2) is 29.7 Å². The third-order valence-electron chi connectivity index (χ3n) is 2.37. The Morgan fingerprint density at radius 1 is 1.38 bits per heavy atom. The van der Waals surface area contributed by atoms with Crippen molar-refractivity contribution in [3.8, 4) is 0 Å². The zero-order valence-corrected chi connectivity index (χ0v) is 9.72. The first kappa shape index (κ1) is 12.9. The molecule has 2 unspecified atom stereocenters. The standard InChI is InChI=1S/C13H18O3/c1-3-16-10(2)9-12(14)13(15)11-7-5-4-6-8-11/h4-8,10,12,14H,3,9H2,1-2H3. The van der Waals surface area contributed by atoms with Crippen LogP contribution in [-0.2, 0) is 4.74 Å². The second-order valence-electron chi connectivity index (χ2n) is 3.75. The molecule has 2 atom stereocenters. The van der Waals surface area contributed by atoms with E-state index in [1.165, 1.54) is 0 Å². The highest BCUT2D eigenvalue weighted by molar-refractivity contribution is 5.99. The Hall–Kier alpha value is -1.19. The number of carbonyl (C=O) groups excluding carboxylic acids is 1. The first-order valence-electron chi connectivity index (χ1n) is 5.54. The summed E-state index contributed by atoms with van der Waals surface area (Å²) in [5, 5.41) is 9.74. The van der Waals surface area contributed by atoms with E-state index in [1.807, 2.05) is 19.9 Å². The third kappa shape index (κ3) is 3.76. The average molecular weight is 222 g/mol. The van der Waals surface area contributed by atoms with Gasteiger partial charge >= 0.3 is 0 Å². The molecule has 1 aromatic carbocycles. The number of aliphatic hydroxyl groups excluding tert-OH is 1. The summed E-state index contributed by atoms with van der Waals surface area (Å²) in [6.45, 7) is 4.33. The molecule has 88 valence electrons. The minimum atomic E-state index is -0.982. The molecule has 0 amide bonds. The van der Waals surface area contributed by atoms with E-state index in [0.717, 1.165) is 0 Å². The molecule has 0 aliphatic heterocycles. The maximum atomic E-state index is 11.8. The molecule has 0 saturated heterocycles. The van der Waals surface area contributed by atoms with Crippen molar-refractivity contribution < 1.29 is 14.6 Å². The van der Waals surface area contributed by atoms with Crippen LogP contribution in [0.4, 0.5) is 0 Å². The number of carbonyl (C=O) groups is 1. The Balaban J connectivity index is 2.55. The SMILES string of the molecule is CCOC(C)CC(O)C(=O)c1ccccc1. The van der Waals surface area contributed by atoms with Crippen molar-refractivity contribution in [3.05, 3.63) is 35.9 Å². The predicted octanol–water partition coefficient (Wildman–Crippen LogP) is 2.05. The normalized spacial score (nSPS) is 14.4. The molecule has 1 N–H and O–H groups in total. The molecule has 3 heteroatoms. The molecule has 0 bridgehead atoms. The van der Waals surface area contributed by atoms with Crippen molar-refractivity contribution in [1.29, 1.82) is 0 Å². The molecule has 16 heavy (non-hydrogen) atoms. The lowest BCUT2D eigenvalue weighted by molar-refractivity contribution is 0.0292. The number of benzene rings is 1. The molecular formula is C13H18O3. The van der Waals surface area contributed by atoms with Gasteiger partial charge in [-0.25, -0.2) is 0 Å². The van der Waals surface area contributed by atoms with Crippen molar-refractivity contribution in [2.24, 2.45) is 0 Å². The summed E-state index contributed by atoms with van der Waals surface area (Å²) in [6.07, 6.45) is -0.752. The minimum Gasteiger partial charge on any atom is -0.385 e. The van der Waals surface area contributed by atoms with Crippen LogP contribution < -0.4 is 0 Å². The number of Topliss-reactive ketones (excluding diaryl/α,β-unsaturated/α-hetero) is 1. The van der Waals surface area contributed by atoms with Gasteiger partial charge in [-0.3, -0.25) is 4.79 Å². The monoisotopic (exact) mass is 222 g/mol. The number of rotatable bonds is 6. The van der Waals surface area contributed by atoms with E-state index in [2.05, 4.69) is 0 Å². The van der Waals surface area contributed by atoms with E-state index in [4.69, 9.17) is 4.74 Å². The molecule has 1 rings (SSSR count). The van der Waals surface area contributed by atoms with Gasteiger partial charge < -0.3 is 9.84 Å². The third-order valence-corrected chi connectivity index (χ3v) is 2.37. The molecule has 0 saturated carbocycles.